The van der Waals surface area contributed by atoms with Crippen molar-refractivity contribution in [1.82, 2.24) is 9.97 Å². The Balaban J connectivity index is 1.46. The van der Waals surface area contributed by atoms with Crippen molar-refractivity contribution in [1.29, 1.82) is 0 Å². The first-order valence-corrected chi connectivity index (χ1v) is 8.80. The van der Waals surface area contributed by atoms with E-state index in [9.17, 15) is 4.79 Å². The van der Waals surface area contributed by atoms with Crippen LogP contribution in [0.2, 0.25) is 0 Å². The molecule has 2 N–H and O–H groups in total. The minimum atomic E-state index is -0.254. The Kier molecular flexibility index (Phi) is 6.35. The molecule has 2 aromatic carbocycles. The third kappa shape index (κ3) is 5.54. The molecule has 1 aromatic heterocycles. The molecule has 3 rings (SSSR count). The van der Waals surface area contributed by atoms with Crippen molar-refractivity contribution in [2.75, 3.05) is 24.3 Å². The molecule has 0 radical (unpaired) electrons. The number of ether oxygens (including phenoxy) is 1. The van der Waals surface area contributed by atoms with Crippen molar-refractivity contribution < 1.29 is 9.53 Å². The van der Waals surface area contributed by atoms with E-state index < -0.39 is 0 Å². The molecular formula is C21H22N4O2. The summed E-state index contributed by atoms with van der Waals surface area (Å²) in [6, 6.07) is 17.5. The van der Waals surface area contributed by atoms with Crippen LogP contribution in [0.1, 0.15) is 22.3 Å². The molecular weight excluding hydrogens is 340 g/mol. The number of hydrogen-bond donors (Lipinski definition) is 2. The quantitative estimate of drug-likeness (QED) is 0.597. The molecule has 0 aliphatic heterocycles. The van der Waals surface area contributed by atoms with E-state index in [0.29, 0.717) is 17.2 Å². The maximum Gasteiger partial charge on any atom is 0.258 e. The highest BCUT2D eigenvalue weighted by Gasteiger charge is 2.08. The van der Waals surface area contributed by atoms with Gasteiger partial charge >= 0.3 is 0 Å². The first-order chi connectivity index (χ1) is 13.2. The molecule has 1 heterocycles. The monoisotopic (exact) mass is 362 g/mol. The Labute approximate surface area is 158 Å². The van der Waals surface area contributed by atoms with Crippen LogP contribution in [0.25, 0.3) is 0 Å². The van der Waals surface area contributed by atoms with Crippen molar-refractivity contribution in [3.63, 3.8) is 0 Å². The van der Waals surface area contributed by atoms with Crippen LogP contribution in [-0.4, -0.2) is 29.5 Å². The van der Waals surface area contributed by atoms with E-state index in [1.807, 2.05) is 18.2 Å². The summed E-state index contributed by atoms with van der Waals surface area (Å²) in [6.45, 7) is 0.770. The average molecular weight is 362 g/mol. The van der Waals surface area contributed by atoms with Gasteiger partial charge in [0.2, 0.25) is 5.95 Å². The fourth-order valence-corrected chi connectivity index (χ4v) is 2.55. The van der Waals surface area contributed by atoms with Crippen molar-refractivity contribution in [2.24, 2.45) is 0 Å². The Morgan fingerprint density at radius 1 is 1.00 bits per heavy atom. The maximum absolute atomic E-state index is 12.3. The van der Waals surface area contributed by atoms with Gasteiger partial charge in [0.1, 0.15) is 5.75 Å². The number of benzene rings is 2. The molecule has 6 heteroatoms. The molecule has 0 saturated carbocycles. The predicted octanol–water partition coefficient (Wildman–Crippen LogP) is 3.78. The number of aromatic nitrogens is 2. The number of aryl methyl sites for hydroxylation is 1. The van der Waals surface area contributed by atoms with Crippen LogP contribution < -0.4 is 15.4 Å². The molecule has 27 heavy (non-hydrogen) atoms. The maximum atomic E-state index is 12.3. The van der Waals surface area contributed by atoms with Crippen molar-refractivity contribution in [2.45, 2.75) is 12.8 Å². The van der Waals surface area contributed by atoms with E-state index in [-0.39, 0.29) is 5.91 Å². The summed E-state index contributed by atoms with van der Waals surface area (Å²) >= 11 is 0. The van der Waals surface area contributed by atoms with Gasteiger partial charge in [0.15, 0.2) is 0 Å². The molecule has 0 bridgehead atoms. The van der Waals surface area contributed by atoms with Crippen molar-refractivity contribution in [3.8, 4) is 5.75 Å². The van der Waals surface area contributed by atoms with Gasteiger partial charge in [-0.15, -0.1) is 0 Å². The first kappa shape index (κ1) is 18.4. The average Bonchev–Trinajstić information content (AvgIpc) is 2.73. The van der Waals surface area contributed by atoms with Crippen molar-refractivity contribution in [3.05, 3.63) is 78.1 Å². The second kappa shape index (κ2) is 9.33. The Morgan fingerprint density at radius 3 is 2.37 bits per heavy atom. The zero-order valence-electron chi connectivity index (χ0n) is 15.2. The van der Waals surface area contributed by atoms with E-state index in [0.717, 1.165) is 25.1 Å². The van der Waals surface area contributed by atoms with Gasteiger partial charge in [0.05, 0.1) is 12.7 Å². The second-order valence-corrected chi connectivity index (χ2v) is 5.99. The number of methoxy groups -OCH3 is 1. The number of anilines is 2. The summed E-state index contributed by atoms with van der Waals surface area (Å²) in [5.74, 6) is 0.999. The minimum Gasteiger partial charge on any atom is -0.497 e. The summed E-state index contributed by atoms with van der Waals surface area (Å²) in [5, 5.41) is 5.98. The number of amides is 1. The molecule has 1 amide bonds. The van der Waals surface area contributed by atoms with Gasteiger partial charge in [-0.05, 0) is 42.7 Å². The lowest BCUT2D eigenvalue weighted by Crippen LogP contribution is -2.13. The predicted molar refractivity (Wildman–Crippen MR) is 106 cm³/mol. The number of hydrogen-bond acceptors (Lipinski definition) is 5. The summed E-state index contributed by atoms with van der Waals surface area (Å²) in [7, 11) is 1.60. The normalized spacial score (nSPS) is 10.3. The van der Waals surface area contributed by atoms with Gasteiger partial charge in [0, 0.05) is 24.6 Å². The fraction of sp³-hybridized carbons (Fsp3) is 0.190. The number of carbonyl (C=O) groups excluding carboxylic acids is 1. The van der Waals surface area contributed by atoms with Crippen LogP contribution in [0.5, 0.6) is 5.75 Å². The molecule has 3 aromatic rings. The standard InChI is InChI=1S/C21H22N4O2/c1-27-19-11-9-18(10-12-19)25-20(26)17-14-23-21(24-15-17)22-13-5-8-16-6-3-2-4-7-16/h2-4,6-7,9-12,14-15H,5,8,13H2,1H3,(H,25,26)(H,22,23,24). The first-order valence-electron chi connectivity index (χ1n) is 8.80. The molecule has 0 saturated heterocycles. The molecule has 0 atom stereocenters. The summed E-state index contributed by atoms with van der Waals surface area (Å²) < 4.78 is 5.10. The highest BCUT2D eigenvalue weighted by Crippen LogP contribution is 2.15. The highest BCUT2D eigenvalue weighted by atomic mass is 16.5. The molecule has 0 aliphatic rings. The Bertz CT molecular complexity index is 850. The smallest absolute Gasteiger partial charge is 0.258 e. The largest absolute Gasteiger partial charge is 0.497 e. The molecule has 0 fully saturated rings. The minimum absolute atomic E-state index is 0.254. The van der Waals surface area contributed by atoms with Crippen LogP contribution in [0.3, 0.4) is 0 Å². The van der Waals surface area contributed by atoms with Crippen LogP contribution in [0.4, 0.5) is 11.6 Å². The lowest BCUT2D eigenvalue weighted by molar-refractivity contribution is 0.102. The molecule has 138 valence electrons. The van der Waals surface area contributed by atoms with Gasteiger partial charge in [0.25, 0.3) is 5.91 Å². The SMILES string of the molecule is COc1ccc(NC(=O)c2cnc(NCCCc3ccccc3)nc2)cc1. The fourth-order valence-electron chi connectivity index (χ4n) is 2.55. The molecule has 6 nitrogen and oxygen atoms in total. The summed E-state index contributed by atoms with van der Waals surface area (Å²) in [6.07, 6.45) is 5.01. The third-order valence-electron chi connectivity index (χ3n) is 4.03. The third-order valence-corrected chi connectivity index (χ3v) is 4.03. The molecule has 0 aliphatic carbocycles. The van der Waals surface area contributed by atoms with Crippen LogP contribution >= 0.6 is 0 Å². The van der Waals surface area contributed by atoms with Gasteiger partial charge < -0.3 is 15.4 Å². The van der Waals surface area contributed by atoms with Crippen LogP contribution in [0, 0.1) is 0 Å². The van der Waals surface area contributed by atoms with Crippen molar-refractivity contribution >= 4 is 17.5 Å². The van der Waals surface area contributed by atoms with E-state index >= 15 is 0 Å². The number of rotatable bonds is 8. The summed E-state index contributed by atoms with van der Waals surface area (Å²) in [5.41, 5.74) is 2.40. The van der Waals surface area contributed by atoms with E-state index in [2.05, 4.69) is 32.7 Å². The highest BCUT2D eigenvalue weighted by molar-refractivity contribution is 6.03. The van der Waals surface area contributed by atoms with Gasteiger partial charge in [-0.3, -0.25) is 4.79 Å². The Hall–Kier alpha value is -3.41. The van der Waals surface area contributed by atoms with E-state index in [1.165, 1.54) is 18.0 Å². The zero-order chi connectivity index (χ0) is 18.9. The number of nitrogens with one attached hydrogen (secondary N) is 2. The topological polar surface area (TPSA) is 76.1 Å². The van der Waals surface area contributed by atoms with Gasteiger partial charge in [-0.25, -0.2) is 9.97 Å². The van der Waals surface area contributed by atoms with E-state index in [4.69, 9.17) is 4.74 Å². The zero-order valence-corrected chi connectivity index (χ0v) is 15.2. The van der Waals surface area contributed by atoms with Gasteiger partial charge in [-0.1, -0.05) is 30.3 Å². The molecule has 0 unspecified atom stereocenters. The van der Waals surface area contributed by atoms with Crippen LogP contribution in [-0.2, 0) is 6.42 Å². The van der Waals surface area contributed by atoms with E-state index in [1.54, 1.807) is 31.4 Å². The lowest BCUT2D eigenvalue weighted by atomic mass is 10.1. The number of carbonyl (C=O) groups is 1. The Morgan fingerprint density at radius 2 is 1.70 bits per heavy atom. The lowest BCUT2D eigenvalue weighted by Gasteiger charge is -2.07. The van der Waals surface area contributed by atoms with Gasteiger partial charge in [-0.2, -0.15) is 0 Å². The number of nitrogens with zero attached hydrogens (tertiary/aromatic N) is 2. The second-order valence-electron chi connectivity index (χ2n) is 5.99. The van der Waals surface area contributed by atoms with Crippen LogP contribution in [0.15, 0.2) is 67.0 Å². The molecule has 0 spiro atoms. The summed E-state index contributed by atoms with van der Waals surface area (Å²) in [4.78, 5) is 20.7.